The molecule has 0 saturated heterocycles. The molecule has 2 atom stereocenters. The smallest absolute Gasteiger partial charge is 0.272 e. The van der Waals surface area contributed by atoms with E-state index in [4.69, 9.17) is 0 Å². The van der Waals surface area contributed by atoms with Gasteiger partial charge in [-0.25, -0.2) is 0 Å². The first kappa shape index (κ1) is 17.6. The van der Waals surface area contributed by atoms with Crippen molar-refractivity contribution < 1.29 is 4.92 Å². The van der Waals surface area contributed by atoms with E-state index in [0.29, 0.717) is 17.5 Å². The van der Waals surface area contributed by atoms with Crippen molar-refractivity contribution in [2.45, 2.75) is 39.8 Å². The summed E-state index contributed by atoms with van der Waals surface area (Å²) >= 11 is 0. The van der Waals surface area contributed by atoms with Crippen molar-refractivity contribution in [3.63, 3.8) is 0 Å². The van der Waals surface area contributed by atoms with Gasteiger partial charge in [0.2, 0.25) is 0 Å². The van der Waals surface area contributed by atoms with Crippen molar-refractivity contribution in [3.8, 4) is 0 Å². The van der Waals surface area contributed by atoms with Crippen molar-refractivity contribution in [2.75, 3.05) is 20.6 Å². The fourth-order valence-corrected chi connectivity index (χ4v) is 2.52. The fourth-order valence-electron chi connectivity index (χ4n) is 2.52. The standard InChI is InChI=1S/C16H27N3O2/c1-11(2)16(18(5)6)10-17-13(4)14-8-7-12(3)15(9-14)19(20)21/h7-9,11,13,16-17H,10H2,1-6H3. The van der Waals surface area contributed by atoms with Gasteiger partial charge < -0.3 is 10.2 Å². The second-order valence-corrected chi connectivity index (χ2v) is 6.21. The highest BCUT2D eigenvalue weighted by atomic mass is 16.6. The topological polar surface area (TPSA) is 58.4 Å². The van der Waals surface area contributed by atoms with Crippen molar-refractivity contribution in [1.29, 1.82) is 0 Å². The molecule has 1 aromatic rings. The molecule has 0 aliphatic rings. The Morgan fingerprint density at radius 2 is 1.90 bits per heavy atom. The molecule has 2 unspecified atom stereocenters. The van der Waals surface area contributed by atoms with Crippen LogP contribution in [0.4, 0.5) is 5.69 Å². The molecule has 1 N–H and O–H groups in total. The zero-order chi connectivity index (χ0) is 16.2. The summed E-state index contributed by atoms with van der Waals surface area (Å²) in [6, 6.07) is 5.98. The van der Waals surface area contributed by atoms with Crippen LogP contribution >= 0.6 is 0 Å². The molecule has 1 aromatic carbocycles. The summed E-state index contributed by atoms with van der Waals surface area (Å²) in [4.78, 5) is 12.9. The summed E-state index contributed by atoms with van der Waals surface area (Å²) in [6.07, 6.45) is 0. The average molecular weight is 293 g/mol. The van der Waals surface area contributed by atoms with Crippen molar-refractivity contribution in [3.05, 3.63) is 39.4 Å². The number of aryl methyl sites for hydroxylation is 1. The van der Waals surface area contributed by atoms with E-state index >= 15 is 0 Å². The minimum atomic E-state index is -0.317. The Bertz CT molecular complexity index is 478. The Hall–Kier alpha value is -1.46. The van der Waals surface area contributed by atoms with E-state index in [1.54, 1.807) is 13.0 Å². The maximum absolute atomic E-state index is 11.0. The van der Waals surface area contributed by atoms with Gasteiger partial charge in [-0.2, -0.15) is 0 Å². The van der Waals surface area contributed by atoms with E-state index in [0.717, 1.165) is 12.1 Å². The van der Waals surface area contributed by atoms with Crippen LogP contribution in [0.2, 0.25) is 0 Å². The number of benzene rings is 1. The van der Waals surface area contributed by atoms with E-state index < -0.39 is 0 Å². The van der Waals surface area contributed by atoms with Crippen LogP contribution in [0.1, 0.15) is 37.9 Å². The van der Waals surface area contributed by atoms with E-state index in [9.17, 15) is 10.1 Å². The lowest BCUT2D eigenvalue weighted by atomic mass is 10.0. The number of likely N-dealkylation sites (N-methyl/N-ethyl adjacent to an activating group) is 1. The van der Waals surface area contributed by atoms with Crippen LogP contribution in [0.5, 0.6) is 0 Å². The highest BCUT2D eigenvalue weighted by Gasteiger charge is 2.18. The molecule has 118 valence electrons. The first-order valence-electron chi connectivity index (χ1n) is 7.38. The van der Waals surface area contributed by atoms with Gasteiger partial charge in [0, 0.05) is 30.3 Å². The summed E-state index contributed by atoms with van der Waals surface area (Å²) in [7, 11) is 4.15. The number of nitro groups is 1. The van der Waals surface area contributed by atoms with Crippen LogP contribution in [0.15, 0.2) is 18.2 Å². The second kappa shape index (κ2) is 7.52. The molecule has 0 aliphatic carbocycles. The van der Waals surface area contributed by atoms with Crippen molar-refractivity contribution >= 4 is 5.69 Å². The molecular weight excluding hydrogens is 266 g/mol. The lowest BCUT2D eigenvalue weighted by Gasteiger charge is -2.29. The molecule has 0 bridgehead atoms. The van der Waals surface area contributed by atoms with Crippen LogP contribution < -0.4 is 5.32 Å². The molecule has 0 saturated carbocycles. The van der Waals surface area contributed by atoms with E-state index in [2.05, 4.69) is 38.2 Å². The highest BCUT2D eigenvalue weighted by molar-refractivity contribution is 5.43. The van der Waals surface area contributed by atoms with Gasteiger partial charge in [-0.05, 0) is 39.4 Å². The summed E-state index contributed by atoms with van der Waals surface area (Å²) in [5.74, 6) is 0.548. The first-order valence-corrected chi connectivity index (χ1v) is 7.38. The zero-order valence-corrected chi connectivity index (χ0v) is 13.9. The van der Waals surface area contributed by atoms with Gasteiger partial charge in [-0.1, -0.05) is 26.0 Å². The van der Waals surface area contributed by atoms with E-state index in [1.807, 2.05) is 19.1 Å². The summed E-state index contributed by atoms with van der Waals surface area (Å²) < 4.78 is 0. The Labute approximate surface area is 127 Å². The molecule has 1 rings (SSSR count). The average Bonchev–Trinajstić information content (AvgIpc) is 2.37. The summed E-state index contributed by atoms with van der Waals surface area (Å²) in [6.45, 7) is 9.07. The quantitative estimate of drug-likeness (QED) is 0.620. The van der Waals surface area contributed by atoms with Gasteiger partial charge in [-0.15, -0.1) is 0 Å². The SMILES string of the molecule is Cc1ccc(C(C)NCC(C(C)C)N(C)C)cc1[N+](=O)[O-]. The van der Waals surface area contributed by atoms with Gasteiger partial charge in [0.1, 0.15) is 0 Å². The molecular formula is C16H27N3O2. The monoisotopic (exact) mass is 293 g/mol. The molecule has 0 aromatic heterocycles. The third kappa shape index (κ3) is 4.79. The van der Waals surface area contributed by atoms with Crippen LogP contribution in [-0.2, 0) is 0 Å². The number of hydrogen-bond acceptors (Lipinski definition) is 4. The molecule has 0 spiro atoms. The van der Waals surface area contributed by atoms with Crippen LogP contribution in [0.25, 0.3) is 0 Å². The molecule has 0 fully saturated rings. The molecule has 0 radical (unpaired) electrons. The second-order valence-electron chi connectivity index (χ2n) is 6.21. The molecule has 5 nitrogen and oxygen atoms in total. The molecule has 0 amide bonds. The molecule has 0 aliphatic heterocycles. The normalized spacial score (nSPS) is 14.5. The van der Waals surface area contributed by atoms with Crippen LogP contribution in [-0.4, -0.2) is 36.5 Å². The van der Waals surface area contributed by atoms with Gasteiger partial charge >= 0.3 is 0 Å². The maximum atomic E-state index is 11.0. The zero-order valence-electron chi connectivity index (χ0n) is 13.9. The fraction of sp³-hybridized carbons (Fsp3) is 0.625. The predicted molar refractivity (Wildman–Crippen MR) is 86.6 cm³/mol. The Balaban J connectivity index is 2.78. The van der Waals surface area contributed by atoms with Crippen LogP contribution in [0.3, 0.4) is 0 Å². The largest absolute Gasteiger partial charge is 0.309 e. The van der Waals surface area contributed by atoms with Gasteiger partial charge in [0.15, 0.2) is 0 Å². The number of rotatable bonds is 7. The third-order valence-corrected chi connectivity index (χ3v) is 4.00. The predicted octanol–water partition coefficient (Wildman–Crippen LogP) is 3.14. The number of nitrogens with zero attached hydrogens (tertiary/aromatic N) is 2. The van der Waals surface area contributed by atoms with Gasteiger partial charge in [0.25, 0.3) is 5.69 Å². The molecule has 21 heavy (non-hydrogen) atoms. The van der Waals surface area contributed by atoms with E-state index in [1.165, 1.54) is 0 Å². The minimum absolute atomic E-state index is 0.0884. The lowest BCUT2D eigenvalue weighted by molar-refractivity contribution is -0.385. The van der Waals surface area contributed by atoms with Crippen molar-refractivity contribution in [1.82, 2.24) is 10.2 Å². The maximum Gasteiger partial charge on any atom is 0.272 e. The van der Waals surface area contributed by atoms with Gasteiger partial charge in [-0.3, -0.25) is 10.1 Å². The van der Waals surface area contributed by atoms with Gasteiger partial charge in [0.05, 0.1) is 4.92 Å². The van der Waals surface area contributed by atoms with Crippen molar-refractivity contribution in [2.24, 2.45) is 5.92 Å². The number of nitro benzene ring substituents is 1. The number of hydrogen-bond donors (Lipinski definition) is 1. The summed E-state index contributed by atoms with van der Waals surface area (Å²) in [5.41, 5.74) is 1.84. The Morgan fingerprint density at radius 1 is 1.29 bits per heavy atom. The Kier molecular flexibility index (Phi) is 6.30. The molecule has 5 heteroatoms. The molecule has 0 heterocycles. The van der Waals surface area contributed by atoms with E-state index in [-0.39, 0.29) is 16.7 Å². The minimum Gasteiger partial charge on any atom is -0.309 e. The lowest BCUT2D eigenvalue weighted by Crippen LogP contribution is -2.42. The Morgan fingerprint density at radius 3 is 2.38 bits per heavy atom. The highest BCUT2D eigenvalue weighted by Crippen LogP contribution is 2.23. The summed E-state index contributed by atoms with van der Waals surface area (Å²) in [5, 5.41) is 14.5. The third-order valence-electron chi connectivity index (χ3n) is 4.00. The number of nitrogens with one attached hydrogen (secondary N) is 1. The first-order chi connectivity index (χ1) is 9.73. The van der Waals surface area contributed by atoms with Crippen LogP contribution in [0, 0.1) is 23.0 Å².